The number of phenolic OH excluding ortho intramolecular Hbond substituents is 1. The minimum atomic E-state index is -0.773. The lowest BCUT2D eigenvalue weighted by atomic mass is 9.76. The van der Waals surface area contributed by atoms with E-state index in [2.05, 4.69) is 10.3 Å². The minimum Gasteiger partial charge on any atom is -0.505 e. The van der Waals surface area contributed by atoms with Crippen molar-refractivity contribution in [1.82, 2.24) is 10.3 Å². The highest BCUT2D eigenvalue weighted by atomic mass is 19.1. The molecule has 6 heteroatoms. The molecule has 2 aromatic rings. The van der Waals surface area contributed by atoms with E-state index in [0.29, 0.717) is 18.5 Å². The Balaban J connectivity index is 1.80. The fourth-order valence-corrected chi connectivity index (χ4v) is 2.77. The summed E-state index contributed by atoms with van der Waals surface area (Å²) in [6.07, 6.45) is 2.48. The van der Waals surface area contributed by atoms with Gasteiger partial charge in [0.25, 0.3) is 5.91 Å². The highest BCUT2D eigenvalue weighted by Crippen LogP contribution is 2.37. The predicted octanol–water partition coefficient (Wildman–Crippen LogP) is 2.17. The number of nitrogens with one attached hydrogen (secondary N) is 1. The molecule has 3 rings (SSSR count). The van der Waals surface area contributed by atoms with Crippen molar-refractivity contribution in [2.75, 3.05) is 0 Å². The summed E-state index contributed by atoms with van der Waals surface area (Å²) in [7, 11) is 0. The van der Waals surface area contributed by atoms with E-state index in [0.717, 1.165) is 12.1 Å². The van der Waals surface area contributed by atoms with E-state index in [4.69, 9.17) is 0 Å². The number of nitrogens with zero attached hydrogens (tertiary/aromatic N) is 1. The number of halogens is 1. The van der Waals surface area contributed by atoms with Gasteiger partial charge in [0.05, 0.1) is 17.8 Å². The Morgan fingerprint density at radius 2 is 2.09 bits per heavy atom. The normalized spacial score (nSPS) is 21.3. The minimum absolute atomic E-state index is 0.0953. The second kappa shape index (κ2) is 6.34. The summed E-state index contributed by atoms with van der Waals surface area (Å²) in [5.41, 5.74) is 0.883. The highest BCUT2D eigenvalue weighted by Gasteiger charge is 2.36. The molecule has 1 heterocycles. The lowest BCUT2D eigenvalue weighted by Crippen LogP contribution is -2.41. The van der Waals surface area contributed by atoms with Gasteiger partial charge in [-0.1, -0.05) is 6.07 Å². The molecule has 3 N–H and O–H groups in total. The van der Waals surface area contributed by atoms with Crippen LogP contribution in [-0.4, -0.2) is 27.2 Å². The molecule has 1 atom stereocenters. The van der Waals surface area contributed by atoms with Crippen molar-refractivity contribution < 1.29 is 19.4 Å². The molecule has 0 bridgehead atoms. The first-order chi connectivity index (χ1) is 11.0. The molecule has 0 aliphatic heterocycles. The third-order valence-corrected chi connectivity index (χ3v) is 4.12. The van der Waals surface area contributed by atoms with Crippen LogP contribution in [0.3, 0.4) is 0 Å². The van der Waals surface area contributed by atoms with Gasteiger partial charge < -0.3 is 15.5 Å². The van der Waals surface area contributed by atoms with Gasteiger partial charge in [-0.3, -0.25) is 9.78 Å². The highest BCUT2D eigenvalue weighted by molar-refractivity contribution is 5.94. The Morgan fingerprint density at radius 1 is 1.30 bits per heavy atom. The molecule has 120 valence electrons. The molecular formula is C17H17FN2O3. The number of aliphatic hydroxyl groups excluding tert-OH is 1. The van der Waals surface area contributed by atoms with E-state index < -0.39 is 17.5 Å². The van der Waals surface area contributed by atoms with E-state index >= 15 is 0 Å². The molecule has 5 nitrogen and oxygen atoms in total. The number of amides is 1. The van der Waals surface area contributed by atoms with Crippen LogP contribution in [0.5, 0.6) is 5.75 Å². The molecule has 1 aliphatic rings. The smallest absolute Gasteiger partial charge is 0.251 e. The Morgan fingerprint density at radius 3 is 2.70 bits per heavy atom. The Bertz CT molecular complexity index is 702. The van der Waals surface area contributed by atoms with Crippen molar-refractivity contribution >= 4 is 5.91 Å². The number of carbonyl (C=O) groups excluding carboxylic acids is 1. The number of pyridine rings is 1. The molecule has 0 unspecified atom stereocenters. The van der Waals surface area contributed by atoms with Crippen LogP contribution in [0.2, 0.25) is 0 Å². The van der Waals surface area contributed by atoms with Crippen LogP contribution in [0.1, 0.15) is 34.9 Å². The second-order valence-corrected chi connectivity index (χ2v) is 5.76. The van der Waals surface area contributed by atoms with Crippen LogP contribution in [0, 0.1) is 11.7 Å². The summed E-state index contributed by atoms with van der Waals surface area (Å²) >= 11 is 0. The van der Waals surface area contributed by atoms with Gasteiger partial charge in [-0.05, 0) is 49.1 Å². The number of carbonyl (C=O) groups is 1. The van der Waals surface area contributed by atoms with Crippen molar-refractivity contribution in [3.05, 3.63) is 59.7 Å². The van der Waals surface area contributed by atoms with E-state index in [1.165, 1.54) is 6.07 Å². The SMILES string of the molecule is O=C(N[C@@H](c1ccccn1)C1CC(O)C1)c1ccc(F)c(O)c1. The molecule has 0 saturated heterocycles. The van der Waals surface area contributed by atoms with E-state index in [1.54, 1.807) is 12.3 Å². The number of rotatable bonds is 4. The molecule has 1 aromatic heterocycles. The largest absolute Gasteiger partial charge is 0.505 e. The van der Waals surface area contributed by atoms with Gasteiger partial charge >= 0.3 is 0 Å². The standard InChI is InChI=1S/C17H17FN2O3/c18-13-5-4-10(9-15(13)22)17(23)20-16(11-7-12(21)8-11)14-3-1-2-6-19-14/h1-6,9,11-12,16,21-22H,7-8H2,(H,20,23)/t11?,12?,16-/m1/s1. The molecule has 23 heavy (non-hydrogen) atoms. The first-order valence-electron chi connectivity index (χ1n) is 7.43. The van der Waals surface area contributed by atoms with Gasteiger partial charge in [-0.2, -0.15) is 0 Å². The summed E-state index contributed by atoms with van der Waals surface area (Å²) in [4.78, 5) is 16.7. The van der Waals surface area contributed by atoms with Crippen molar-refractivity contribution in [3.63, 3.8) is 0 Å². The predicted molar refractivity (Wildman–Crippen MR) is 81.2 cm³/mol. The van der Waals surface area contributed by atoms with Gasteiger partial charge in [0.15, 0.2) is 11.6 Å². The van der Waals surface area contributed by atoms with E-state index in [9.17, 15) is 19.4 Å². The van der Waals surface area contributed by atoms with Gasteiger partial charge in [0, 0.05) is 11.8 Å². The van der Waals surface area contributed by atoms with Gasteiger partial charge in [0.1, 0.15) is 0 Å². The van der Waals surface area contributed by atoms with Crippen molar-refractivity contribution in [3.8, 4) is 5.75 Å². The zero-order valence-electron chi connectivity index (χ0n) is 12.3. The molecule has 1 saturated carbocycles. The maximum absolute atomic E-state index is 13.1. The number of hydrogen-bond acceptors (Lipinski definition) is 4. The van der Waals surface area contributed by atoms with E-state index in [-0.39, 0.29) is 23.6 Å². The molecule has 0 spiro atoms. The first-order valence-corrected chi connectivity index (χ1v) is 7.43. The molecule has 1 fully saturated rings. The molecule has 0 radical (unpaired) electrons. The summed E-state index contributed by atoms with van der Waals surface area (Å²) < 4.78 is 13.1. The number of aliphatic hydroxyl groups is 1. The van der Waals surface area contributed by atoms with Crippen LogP contribution >= 0.6 is 0 Å². The third-order valence-electron chi connectivity index (χ3n) is 4.12. The maximum Gasteiger partial charge on any atom is 0.251 e. The average molecular weight is 316 g/mol. The fraction of sp³-hybridized carbons (Fsp3) is 0.294. The number of benzene rings is 1. The maximum atomic E-state index is 13.1. The van der Waals surface area contributed by atoms with Gasteiger partial charge in [-0.25, -0.2) is 4.39 Å². The third kappa shape index (κ3) is 3.32. The first kappa shape index (κ1) is 15.4. The average Bonchev–Trinajstić information content (AvgIpc) is 2.53. The topological polar surface area (TPSA) is 82.5 Å². The van der Waals surface area contributed by atoms with Crippen LogP contribution in [-0.2, 0) is 0 Å². The van der Waals surface area contributed by atoms with Gasteiger partial charge in [0.2, 0.25) is 0 Å². The Labute approximate surface area is 132 Å². The number of aromatic hydroxyl groups is 1. The summed E-state index contributed by atoms with van der Waals surface area (Å²) in [5.74, 6) is -1.66. The van der Waals surface area contributed by atoms with Crippen molar-refractivity contribution in [2.24, 2.45) is 5.92 Å². The second-order valence-electron chi connectivity index (χ2n) is 5.76. The molecule has 1 amide bonds. The van der Waals surface area contributed by atoms with Crippen molar-refractivity contribution in [1.29, 1.82) is 0 Å². The van der Waals surface area contributed by atoms with E-state index in [1.807, 2.05) is 12.1 Å². The molecule has 1 aliphatic carbocycles. The lowest BCUT2D eigenvalue weighted by molar-refractivity contribution is 0.0228. The number of phenols is 1. The molecular weight excluding hydrogens is 299 g/mol. The fourth-order valence-electron chi connectivity index (χ4n) is 2.77. The molecule has 1 aromatic carbocycles. The Hall–Kier alpha value is -2.47. The quantitative estimate of drug-likeness (QED) is 0.807. The van der Waals surface area contributed by atoms with Crippen LogP contribution in [0.4, 0.5) is 4.39 Å². The summed E-state index contributed by atoms with van der Waals surface area (Å²) in [5, 5.41) is 21.8. The van der Waals surface area contributed by atoms with Crippen LogP contribution < -0.4 is 5.32 Å². The number of hydrogen-bond donors (Lipinski definition) is 3. The monoisotopic (exact) mass is 316 g/mol. The van der Waals surface area contributed by atoms with Gasteiger partial charge in [-0.15, -0.1) is 0 Å². The lowest BCUT2D eigenvalue weighted by Gasteiger charge is -2.37. The van der Waals surface area contributed by atoms with Crippen LogP contribution in [0.25, 0.3) is 0 Å². The number of aromatic nitrogens is 1. The van der Waals surface area contributed by atoms with Crippen LogP contribution in [0.15, 0.2) is 42.6 Å². The Kier molecular flexibility index (Phi) is 4.25. The zero-order chi connectivity index (χ0) is 16.4. The van der Waals surface area contributed by atoms with Crippen molar-refractivity contribution in [2.45, 2.75) is 25.0 Å². The zero-order valence-corrected chi connectivity index (χ0v) is 12.3. The summed E-state index contributed by atoms with van der Waals surface area (Å²) in [6, 6.07) is 8.56. The summed E-state index contributed by atoms with van der Waals surface area (Å²) in [6.45, 7) is 0.